The molecule has 23 heavy (non-hydrogen) atoms. The molecule has 0 aliphatic rings. The van der Waals surface area contributed by atoms with E-state index in [1.165, 1.54) is 0 Å². The second-order valence-corrected chi connectivity index (χ2v) is 6.17. The summed E-state index contributed by atoms with van der Waals surface area (Å²) >= 11 is 17.2. The molecule has 0 spiro atoms. The van der Waals surface area contributed by atoms with Crippen molar-refractivity contribution in [1.29, 1.82) is 0 Å². The molecule has 1 aromatic heterocycles. The van der Waals surface area contributed by atoms with E-state index in [0.717, 1.165) is 11.3 Å². The van der Waals surface area contributed by atoms with Gasteiger partial charge in [0, 0.05) is 25.4 Å². The maximum Gasteiger partial charge on any atom is 0.172 e. The quantitative estimate of drug-likeness (QED) is 0.600. The van der Waals surface area contributed by atoms with E-state index in [1.807, 2.05) is 29.8 Å². The van der Waals surface area contributed by atoms with Crippen LogP contribution in [0.2, 0.25) is 10.0 Å². The number of ether oxygens (including phenoxy) is 1. The van der Waals surface area contributed by atoms with E-state index >= 15 is 0 Å². The van der Waals surface area contributed by atoms with Crippen LogP contribution in [0.5, 0.6) is 0 Å². The highest BCUT2D eigenvalue weighted by Gasteiger charge is 2.07. The van der Waals surface area contributed by atoms with Crippen LogP contribution in [0, 0.1) is 6.92 Å². The van der Waals surface area contributed by atoms with Crippen LogP contribution < -0.4 is 10.6 Å². The highest BCUT2D eigenvalue weighted by molar-refractivity contribution is 7.80. The van der Waals surface area contributed by atoms with Crippen LogP contribution in [-0.4, -0.2) is 35.2 Å². The minimum absolute atomic E-state index is 0.515. The number of methoxy groups -OCH3 is 1. The van der Waals surface area contributed by atoms with Crippen molar-refractivity contribution >= 4 is 46.4 Å². The molecule has 1 heterocycles. The molecule has 1 aromatic carbocycles. The van der Waals surface area contributed by atoms with Crippen LogP contribution in [0.25, 0.3) is 0 Å². The van der Waals surface area contributed by atoms with Gasteiger partial charge in [-0.2, -0.15) is 5.10 Å². The first-order valence-electron chi connectivity index (χ1n) is 7.01. The van der Waals surface area contributed by atoms with Crippen molar-refractivity contribution < 1.29 is 4.74 Å². The average molecular weight is 373 g/mol. The van der Waals surface area contributed by atoms with Gasteiger partial charge in [0.1, 0.15) is 0 Å². The molecule has 2 N–H and O–H groups in total. The van der Waals surface area contributed by atoms with Gasteiger partial charge in [-0.1, -0.05) is 29.3 Å². The zero-order valence-corrected chi connectivity index (χ0v) is 15.2. The Hall–Kier alpha value is -1.34. The lowest BCUT2D eigenvalue weighted by Crippen LogP contribution is -2.31. The Kier molecular flexibility index (Phi) is 6.65. The molecule has 0 amide bonds. The number of hydrogen-bond acceptors (Lipinski definition) is 3. The second kappa shape index (κ2) is 8.49. The number of halogens is 2. The van der Waals surface area contributed by atoms with Crippen LogP contribution in [0.1, 0.15) is 11.3 Å². The number of benzene rings is 1. The largest absolute Gasteiger partial charge is 0.383 e. The van der Waals surface area contributed by atoms with Crippen molar-refractivity contribution in [3.8, 4) is 0 Å². The zero-order chi connectivity index (χ0) is 16.8. The van der Waals surface area contributed by atoms with Gasteiger partial charge in [0.25, 0.3) is 0 Å². The maximum atomic E-state index is 6.04. The van der Waals surface area contributed by atoms with Crippen molar-refractivity contribution in [1.82, 2.24) is 15.1 Å². The fourth-order valence-corrected chi connectivity index (χ4v) is 2.50. The number of nitrogens with one attached hydrogen (secondary N) is 2. The van der Waals surface area contributed by atoms with Crippen molar-refractivity contribution in [2.45, 2.75) is 13.5 Å². The third-order valence-corrected chi connectivity index (χ3v) is 4.12. The highest BCUT2D eigenvalue weighted by Crippen LogP contribution is 2.23. The fraction of sp³-hybridized carbons (Fsp3) is 0.333. The average Bonchev–Trinajstić information content (AvgIpc) is 2.83. The van der Waals surface area contributed by atoms with Gasteiger partial charge in [-0.15, -0.1) is 0 Å². The maximum absolute atomic E-state index is 6.04. The molecular weight excluding hydrogens is 355 g/mol. The molecule has 0 unspecified atom stereocenters. The summed E-state index contributed by atoms with van der Waals surface area (Å²) in [4.78, 5) is 0. The Morgan fingerprint density at radius 3 is 2.78 bits per heavy atom. The van der Waals surface area contributed by atoms with Gasteiger partial charge >= 0.3 is 0 Å². The molecular formula is C15H18Cl2N4OS. The van der Waals surface area contributed by atoms with E-state index in [2.05, 4.69) is 15.7 Å². The normalized spacial score (nSPS) is 10.6. The SMILES string of the molecule is COCCNC(=S)Nc1cc(C)n(Cc2ccc(Cl)c(Cl)c2)n1. The van der Waals surface area contributed by atoms with Crippen LogP contribution in [0.15, 0.2) is 24.3 Å². The number of hydrogen-bond donors (Lipinski definition) is 2. The summed E-state index contributed by atoms with van der Waals surface area (Å²) in [6.45, 7) is 3.82. The topological polar surface area (TPSA) is 51.1 Å². The number of anilines is 1. The molecule has 0 saturated carbocycles. The molecule has 0 aliphatic carbocycles. The van der Waals surface area contributed by atoms with Crippen LogP contribution in [-0.2, 0) is 11.3 Å². The van der Waals surface area contributed by atoms with Crippen LogP contribution in [0.3, 0.4) is 0 Å². The van der Waals surface area contributed by atoms with Crippen LogP contribution >= 0.6 is 35.4 Å². The van der Waals surface area contributed by atoms with Gasteiger partial charge in [0.2, 0.25) is 0 Å². The third kappa shape index (κ3) is 5.35. The molecule has 8 heteroatoms. The Labute approximate surface area is 150 Å². The van der Waals surface area contributed by atoms with Crippen molar-refractivity contribution in [3.63, 3.8) is 0 Å². The molecule has 2 rings (SSSR count). The van der Waals surface area contributed by atoms with E-state index in [1.54, 1.807) is 13.2 Å². The summed E-state index contributed by atoms with van der Waals surface area (Å²) < 4.78 is 6.83. The minimum atomic E-state index is 0.515. The van der Waals surface area contributed by atoms with E-state index in [0.29, 0.717) is 40.7 Å². The van der Waals surface area contributed by atoms with E-state index < -0.39 is 0 Å². The van der Waals surface area contributed by atoms with Gasteiger partial charge in [0.15, 0.2) is 10.9 Å². The molecule has 124 valence electrons. The number of aryl methyl sites for hydroxylation is 1. The molecule has 0 radical (unpaired) electrons. The summed E-state index contributed by atoms with van der Waals surface area (Å²) in [5.74, 6) is 0.692. The number of rotatable bonds is 6. The Balaban J connectivity index is 2.00. The molecule has 5 nitrogen and oxygen atoms in total. The molecule has 0 fully saturated rings. The number of nitrogens with zero attached hydrogens (tertiary/aromatic N) is 2. The number of thiocarbonyl (C=S) groups is 1. The fourth-order valence-electron chi connectivity index (χ4n) is 1.97. The first-order chi connectivity index (χ1) is 11.0. The summed E-state index contributed by atoms with van der Waals surface area (Å²) in [7, 11) is 1.65. The minimum Gasteiger partial charge on any atom is -0.383 e. The van der Waals surface area contributed by atoms with Gasteiger partial charge in [-0.3, -0.25) is 4.68 Å². The summed E-state index contributed by atoms with van der Waals surface area (Å²) in [5, 5.41) is 12.2. The molecule has 0 atom stereocenters. The van der Waals surface area contributed by atoms with E-state index in [-0.39, 0.29) is 0 Å². The highest BCUT2D eigenvalue weighted by atomic mass is 35.5. The molecule has 0 bridgehead atoms. The van der Waals surface area contributed by atoms with Gasteiger partial charge < -0.3 is 15.4 Å². The Bertz CT molecular complexity index is 690. The predicted octanol–water partition coefficient (Wildman–Crippen LogP) is 3.48. The van der Waals surface area contributed by atoms with Gasteiger partial charge in [-0.05, 0) is 36.8 Å². The lowest BCUT2D eigenvalue weighted by atomic mass is 10.2. The monoisotopic (exact) mass is 372 g/mol. The Morgan fingerprint density at radius 2 is 2.09 bits per heavy atom. The predicted molar refractivity (Wildman–Crippen MR) is 98.6 cm³/mol. The third-order valence-electron chi connectivity index (χ3n) is 3.13. The standard InChI is InChI=1S/C15H18Cl2N4OS/c1-10-7-14(19-15(23)18-5-6-22-2)20-21(10)9-11-3-4-12(16)13(17)8-11/h3-4,7-8H,5-6,9H2,1-2H3,(H2,18,19,20,23). The summed E-state index contributed by atoms with van der Waals surface area (Å²) in [6.07, 6.45) is 0. The summed E-state index contributed by atoms with van der Waals surface area (Å²) in [5.41, 5.74) is 2.04. The van der Waals surface area contributed by atoms with Crippen molar-refractivity contribution in [3.05, 3.63) is 45.6 Å². The van der Waals surface area contributed by atoms with Crippen molar-refractivity contribution in [2.75, 3.05) is 25.6 Å². The lowest BCUT2D eigenvalue weighted by Gasteiger charge is -2.08. The molecule has 2 aromatic rings. The Morgan fingerprint density at radius 1 is 1.30 bits per heavy atom. The smallest absolute Gasteiger partial charge is 0.172 e. The van der Waals surface area contributed by atoms with Crippen molar-refractivity contribution in [2.24, 2.45) is 0 Å². The van der Waals surface area contributed by atoms with E-state index in [4.69, 9.17) is 40.2 Å². The van der Waals surface area contributed by atoms with Crippen LogP contribution in [0.4, 0.5) is 5.82 Å². The van der Waals surface area contributed by atoms with E-state index in [9.17, 15) is 0 Å². The lowest BCUT2D eigenvalue weighted by molar-refractivity contribution is 0.204. The van der Waals surface area contributed by atoms with Gasteiger partial charge in [-0.25, -0.2) is 0 Å². The second-order valence-electron chi connectivity index (χ2n) is 4.95. The first-order valence-corrected chi connectivity index (χ1v) is 8.18. The summed E-state index contributed by atoms with van der Waals surface area (Å²) in [6, 6.07) is 7.49. The zero-order valence-electron chi connectivity index (χ0n) is 12.9. The molecule has 0 aliphatic heterocycles. The first kappa shape index (κ1) is 18.0. The number of aromatic nitrogens is 2. The van der Waals surface area contributed by atoms with Gasteiger partial charge in [0.05, 0.1) is 23.2 Å². The molecule has 0 saturated heterocycles.